The Morgan fingerprint density at radius 3 is 2.36 bits per heavy atom. The number of hydrogen-bond donors (Lipinski definition) is 2. The summed E-state index contributed by atoms with van der Waals surface area (Å²) in [5, 5.41) is 19.0. The second-order valence-corrected chi connectivity index (χ2v) is 10.6. The monoisotopic (exact) mass is 534 g/mol. The van der Waals surface area contributed by atoms with E-state index in [9.17, 15) is 4.79 Å². The van der Waals surface area contributed by atoms with Crippen LogP contribution in [0, 0.1) is 10.8 Å². The fourth-order valence-corrected chi connectivity index (χ4v) is 4.53. The Bertz CT molecular complexity index is 1430. The number of ether oxygens (including phenoxy) is 2. The van der Waals surface area contributed by atoms with Crippen molar-refractivity contribution in [1.29, 1.82) is 0 Å². The van der Waals surface area contributed by atoms with Crippen molar-refractivity contribution in [2.75, 3.05) is 31.7 Å². The maximum Gasteiger partial charge on any atom is 0.291 e. The molecule has 1 amide bonds. The van der Waals surface area contributed by atoms with E-state index in [2.05, 4.69) is 29.2 Å². The molecule has 39 heavy (non-hydrogen) atoms. The van der Waals surface area contributed by atoms with Crippen LogP contribution < -0.4 is 5.32 Å². The number of aromatic nitrogens is 5. The van der Waals surface area contributed by atoms with Gasteiger partial charge in [-0.2, -0.15) is 10.2 Å². The highest BCUT2D eigenvalue weighted by Crippen LogP contribution is 2.32. The topological polar surface area (TPSA) is 147 Å². The van der Waals surface area contributed by atoms with Gasteiger partial charge in [-0.1, -0.05) is 19.9 Å². The molecule has 12 heteroatoms. The summed E-state index contributed by atoms with van der Waals surface area (Å²) < 4.78 is 20.3. The highest BCUT2D eigenvalue weighted by atomic mass is 16.5. The van der Waals surface area contributed by atoms with Gasteiger partial charge in [-0.3, -0.25) is 23.9 Å². The van der Waals surface area contributed by atoms with E-state index < -0.39 is 0 Å². The lowest BCUT2D eigenvalue weighted by molar-refractivity contribution is -0.122. The zero-order valence-corrected chi connectivity index (χ0v) is 21.7. The summed E-state index contributed by atoms with van der Waals surface area (Å²) in [7, 11) is 0. The number of rotatable bonds is 8. The van der Waals surface area contributed by atoms with E-state index in [0.717, 1.165) is 25.3 Å². The van der Waals surface area contributed by atoms with Gasteiger partial charge < -0.3 is 24.3 Å². The molecule has 0 aromatic carbocycles. The minimum atomic E-state index is -0.359. The largest absolute Gasteiger partial charge is 0.483 e. The predicted molar refractivity (Wildman–Crippen MR) is 140 cm³/mol. The molecule has 0 atom stereocenters. The maximum atomic E-state index is 13.1. The summed E-state index contributed by atoms with van der Waals surface area (Å²) in [5.41, 5.74) is 2.81. The molecule has 2 aliphatic heterocycles. The standard InChI is InChI=1S/C26H28N6O4.CH2O2/c1-25(14-34-15-25)12-31-10-18(9-28-31)21-6-7-22(36-21)24(33)29-20-11-32(13-26(2)16-35-17-26)30-23(20)19-5-3-4-8-27-19;2-1-3/h3-11H,12-17H2,1-2H3,(H,29,33);1H,(H,2,3). The maximum absolute atomic E-state index is 13.1. The lowest BCUT2D eigenvalue weighted by Crippen LogP contribution is -2.43. The molecule has 0 spiro atoms. The van der Waals surface area contributed by atoms with Crippen molar-refractivity contribution in [2.45, 2.75) is 26.9 Å². The van der Waals surface area contributed by atoms with E-state index >= 15 is 0 Å². The Morgan fingerprint density at radius 2 is 1.74 bits per heavy atom. The van der Waals surface area contributed by atoms with Gasteiger partial charge in [0.25, 0.3) is 12.4 Å². The van der Waals surface area contributed by atoms with Crippen LogP contribution in [0.15, 0.2) is 59.5 Å². The van der Waals surface area contributed by atoms with Crippen molar-refractivity contribution >= 4 is 18.1 Å². The Kier molecular flexibility index (Phi) is 7.31. The van der Waals surface area contributed by atoms with Gasteiger partial charge in [0, 0.05) is 29.4 Å². The third-order valence-electron chi connectivity index (χ3n) is 6.55. The van der Waals surface area contributed by atoms with Crippen LogP contribution in [0.1, 0.15) is 24.4 Å². The molecule has 0 unspecified atom stereocenters. The van der Waals surface area contributed by atoms with Gasteiger partial charge in [0.1, 0.15) is 11.5 Å². The third-order valence-corrected chi connectivity index (χ3v) is 6.55. The Labute approximate surface area is 224 Å². The van der Waals surface area contributed by atoms with Crippen molar-refractivity contribution in [2.24, 2.45) is 10.8 Å². The molecule has 6 rings (SSSR count). The summed E-state index contributed by atoms with van der Waals surface area (Å²) in [5.74, 6) is 0.429. The molecule has 2 saturated heterocycles. The lowest BCUT2D eigenvalue weighted by Gasteiger charge is -2.37. The minimum Gasteiger partial charge on any atom is -0.483 e. The van der Waals surface area contributed by atoms with Gasteiger partial charge in [-0.25, -0.2) is 0 Å². The van der Waals surface area contributed by atoms with Crippen LogP contribution in [-0.2, 0) is 27.4 Å². The second-order valence-electron chi connectivity index (χ2n) is 10.6. The molecule has 0 aliphatic carbocycles. The first kappa shape index (κ1) is 26.3. The lowest BCUT2D eigenvalue weighted by atomic mass is 9.89. The number of carbonyl (C=O) groups excluding carboxylic acids is 1. The number of nitrogens with zero attached hydrogens (tertiary/aromatic N) is 5. The third kappa shape index (κ3) is 5.91. The summed E-state index contributed by atoms with van der Waals surface area (Å²) >= 11 is 0. The zero-order chi connectivity index (χ0) is 27.5. The molecule has 4 aromatic rings. The number of hydrogen-bond acceptors (Lipinski definition) is 8. The highest BCUT2D eigenvalue weighted by molar-refractivity contribution is 6.04. The van der Waals surface area contributed by atoms with Crippen molar-refractivity contribution < 1.29 is 28.6 Å². The van der Waals surface area contributed by atoms with E-state index in [0.29, 0.717) is 42.6 Å². The fraction of sp³-hybridized carbons (Fsp3) is 0.370. The van der Waals surface area contributed by atoms with Crippen LogP contribution >= 0.6 is 0 Å². The van der Waals surface area contributed by atoms with E-state index in [1.165, 1.54) is 0 Å². The second kappa shape index (κ2) is 10.8. The average Bonchev–Trinajstić information content (AvgIpc) is 3.63. The first-order valence-corrected chi connectivity index (χ1v) is 12.5. The molecular formula is C27H30N6O6. The number of carboxylic acid groups (broad SMARTS) is 1. The van der Waals surface area contributed by atoms with Crippen LogP contribution in [-0.4, -0.2) is 68.5 Å². The first-order chi connectivity index (χ1) is 18.8. The van der Waals surface area contributed by atoms with Crippen molar-refractivity contribution in [3.8, 4) is 22.7 Å². The van der Waals surface area contributed by atoms with Crippen LogP contribution in [0.5, 0.6) is 0 Å². The molecular weight excluding hydrogens is 504 g/mol. The fourth-order valence-electron chi connectivity index (χ4n) is 4.53. The molecule has 0 radical (unpaired) electrons. The Morgan fingerprint density at radius 1 is 1.05 bits per heavy atom. The smallest absolute Gasteiger partial charge is 0.291 e. The number of furan rings is 1. The molecule has 12 nitrogen and oxygen atoms in total. The van der Waals surface area contributed by atoms with Crippen molar-refractivity contribution in [1.82, 2.24) is 24.5 Å². The molecule has 2 fully saturated rings. The van der Waals surface area contributed by atoms with Gasteiger partial charge >= 0.3 is 0 Å². The zero-order valence-electron chi connectivity index (χ0n) is 21.7. The summed E-state index contributed by atoms with van der Waals surface area (Å²) in [4.78, 5) is 25.9. The predicted octanol–water partition coefficient (Wildman–Crippen LogP) is 3.43. The van der Waals surface area contributed by atoms with Crippen LogP contribution in [0.2, 0.25) is 0 Å². The summed E-state index contributed by atoms with van der Waals surface area (Å²) in [6.07, 6.45) is 7.22. The van der Waals surface area contributed by atoms with Crippen LogP contribution in [0.3, 0.4) is 0 Å². The first-order valence-electron chi connectivity index (χ1n) is 12.5. The van der Waals surface area contributed by atoms with Crippen molar-refractivity contribution in [3.05, 3.63) is 60.9 Å². The number of pyridine rings is 1. The molecule has 204 valence electrons. The van der Waals surface area contributed by atoms with E-state index in [-0.39, 0.29) is 29.0 Å². The van der Waals surface area contributed by atoms with E-state index in [1.807, 2.05) is 40.0 Å². The van der Waals surface area contributed by atoms with Gasteiger partial charge in [0.2, 0.25) is 0 Å². The molecule has 6 heterocycles. The molecule has 4 aromatic heterocycles. The number of amides is 1. The van der Waals surface area contributed by atoms with Gasteiger partial charge in [0.15, 0.2) is 5.76 Å². The normalized spacial score (nSPS) is 16.8. The van der Waals surface area contributed by atoms with E-state index in [4.69, 9.17) is 28.9 Å². The SMILES string of the molecule is CC1(Cn2cc(-c3ccc(C(=O)Nc4cn(CC5(C)COC5)nc4-c4ccccn4)o3)cn2)COC1.O=CO. The van der Waals surface area contributed by atoms with E-state index in [1.54, 1.807) is 24.5 Å². The van der Waals surface area contributed by atoms with Crippen molar-refractivity contribution in [3.63, 3.8) is 0 Å². The van der Waals surface area contributed by atoms with Gasteiger partial charge in [0.05, 0.1) is 62.7 Å². The quantitative estimate of drug-likeness (QED) is 0.325. The molecule has 2 N–H and O–H groups in total. The number of nitrogens with one attached hydrogen (secondary N) is 1. The van der Waals surface area contributed by atoms with Crippen LogP contribution in [0.4, 0.5) is 5.69 Å². The molecule has 2 aliphatic rings. The molecule has 0 saturated carbocycles. The highest BCUT2D eigenvalue weighted by Gasteiger charge is 2.35. The van der Waals surface area contributed by atoms with Gasteiger partial charge in [-0.05, 0) is 24.3 Å². The number of anilines is 1. The Hall–Kier alpha value is -4.29. The van der Waals surface area contributed by atoms with Gasteiger partial charge in [-0.15, -0.1) is 0 Å². The summed E-state index contributed by atoms with van der Waals surface area (Å²) in [6, 6.07) is 9.06. The van der Waals surface area contributed by atoms with Crippen LogP contribution in [0.25, 0.3) is 22.7 Å². The minimum absolute atomic E-state index is 0.0259. The average molecular weight is 535 g/mol. The Balaban J connectivity index is 0.000000983. The molecule has 0 bridgehead atoms. The summed E-state index contributed by atoms with van der Waals surface area (Å²) in [6.45, 7) is 8.38. The number of carbonyl (C=O) groups is 2.